The summed E-state index contributed by atoms with van der Waals surface area (Å²) in [4.78, 5) is 12.2. The Morgan fingerprint density at radius 2 is 1.71 bits per heavy atom. The van der Waals surface area contributed by atoms with Gasteiger partial charge >= 0.3 is 5.97 Å². The van der Waals surface area contributed by atoms with Crippen LogP contribution in [0.25, 0.3) is 0 Å². The van der Waals surface area contributed by atoms with Gasteiger partial charge in [-0.15, -0.1) is 0 Å². The molecule has 3 rings (SSSR count). The molecule has 1 fully saturated rings. The summed E-state index contributed by atoms with van der Waals surface area (Å²) < 4.78 is 19.7. The molecule has 0 aromatic heterocycles. The Kier molecular flexibility index (Phi) is 4.98. The third-order valence-electron chi connectivity index (χ3n) is 4.93. The van der Waals surface area contributed by atoms with Crippen molar-refractivity contribution in [2.75, 3.05) is 0 Å². The van der Waals surface area contributed by atoms with Gasteiger partial charge in [0.2, 0.25) is 0 Å². The first kappa shape index (κ1) is 16.7. The lowest BCUT2D eigenvalue weighted by Gasteiger charge is -2.26. The summed E-state index contributed by atoms with van der Waals surface area (Å²) in [5.74, 6) is 0.437. The summed E-state index contributed by atoms with van der Waals surface area (Å²) >= 11 is 0. The van der Waals surface area contributed by atoms with Crippen LogP contribution in [0.5, 0.6) is 5.75 Å². The average molecular weight is 326 g/mol. The molecule has 0 unspecified atom stereocenters. The van der Waals surface area contributed by atoms with Gasteiger partial charge in [0.05, 0.1) is 5.56 Å². The molecule has 0 aliphatic heterocycles. The number of carbonyl (C=O) groups excluding carboxylic acids is 1. The zero-order valence-electron chi connectivity index (χ0n) is 14.2. The number of hydrogen-bond donors (Lipinski definition) is 0. The van der Waals surface area contributed by atoms with Crippen LogP contribution in [-0.2, 0) is 0 Å². The standard InChI is InChI=1S/C21H23FO2/c1-14-3-7-16(8-4-14)17-9-12-19(20(22)13-17)21(23)24-18-10-5-15(2)6-11-18/h5-6,9-14,16H,3-4,7-8H2,1-2H3. The van der Waals surface area contributed by atoms with Gasteiger partial charge in [0, 0.05) is 0 Å². The lowest BCUT2D eigenvalue weighted by molar-refractivity contribution is 0.0730. The fourth-order valence-corrected chi connectivity index (χ4v) is 3.31. The molecule has 2 nitrogen and oxygen atoms in total. The second-order valence-corrected chi connectivity index (χ2v) is 6.90. The molecule has 0 saturated heterocycles. The first-order valence-corrected chi connectivity index (χ1v) is 8.61. The first-order valence-electron chi connectivity index (χ1n) is 8.61. The molecule has 2 aromatic carbocycles. The first-order chi connectivity index (χ1) is 11.5. The SMILES string of the molecule is Cc1ccc(OC(=O)c2ccc(C3CCC(C)CC3)cc2F)cc1. The fourth-order valence-electron chi connectivity index (χ4n) is 3.31. The molecule has 3 heteroatoms. The van der Waals surface area contributed by atoms with E-state index in [-0.39, 0.29) is 5.56 Å². The largest absolute Gasteiger partial charge is 0.423 e. The van der Waals surface area contributed by atoms with E-state index in [1.165, 1.54) is 18.9 Å². The number of esters is 1. The molecule has 24 heavy (non-hydrogen) atoms. The highest BCUT2D eigenvalue weighted by atomic mass is 19.1. The van der Waals surface area contributed by atoms with E-state index in [4.69, 9.17) is 4.74 Å². The number of hydrogen-bond acceptors (Lipinski definition) is 2. The van der Waals surface area contributed by atoms with Gasteiger partial charge < -0.3 is 4.74 Å². The number of ether oxygens (including phenoxy) is 1. The normalized spacial score (nSPS) is 20.6. The van der Waals surface area contributed by atoms with Crippen LogP contribution >= 0.6 is 0 Å². The van der Waals surface area contributed by atoms with Crippen LogP contribution in [0.4, 0.5) is 4.39 Å². The fraction of sp³-hybridized carbons (Fsp3) is 0.381. The van der Waals surface area contributed by atoms with E-state index in [2.05, 4.69) is 6.92 Å². The Labute approximate surface area is 142 Å². The number of aryl methyl sites for hydroxylation is 1. The molecule has 0 amide bonds. The second-order valence-electron chi connectivity index (χ2n) is 6.90. The Morgan fingerprint density at radius 3 is 2.33 bits per heavy atom. The Bertz CT molecular complexity index is 713. The predicted molar refractivity (Wildman–Crippen MR) is 92.9 cm³/mol. The summed E-state index contributed by atoms with van der Waals surface area (Å²) in [5.41, 5.74) is 2.06. The van der Waals surface area contributed by atoms with Crippen molar-refractivity contribution in [3.63, 3.8) is 0 Å². The lowest BCUT2D eigenvalue weighted by atomic mass is 9.79. The molecule has 126 valence electrons. The molecule has 1 aliphatic carbocycles. The van der Waals surface area contributed by atoms with Gasteiger partial charge in [-0.25, -0.2) is 9.18 Å². The minimum atomic E-state index is -0.653. The van der Waals surface area contributed by atoms with Gasteiger partial charge in [0.15, 0.2) is 0 Å². The highest BCUT2D eigenvalue weighted by molar-refractivity contribution is 5.91. The number of benzene rings is 2. The summed E-state index contributed by atoms with van der Waals surface area (Å²) in [6.45, 7) is 4.22. The van der Waals surface area contributed by atoms with E-state index in [0.29, 0.717) is 11.7 Å². The Morgan fingerprint density at radius 1 is 1.04 bits per heavy atom. The van der Waals surface area contributed by atoms with E-state index in [9.17, 15) is 9.18 Å². The summed E-state index contributed by atoms with van der Waals surface area (Å²) in [6, 6.07) is 12.1. The van der Waals surface area contributed by atoms with E-state index in [1.807, 2.05) is 25.1 Å². The van der Waals surface area contributed by atoms with Crippen molar-refractivity contribution in [3.8, 4) is 5.75 Å². The minimum Gasteiger partial charge on any atom is -0.423 e. The van der Waals surface area contributed by atoms with Gasteiger partial charge in [0.25, 0.3) is 0 Å². The summed E-state index contributed by atoms with van der Waals surface area (Å²) in [6.07, 6.45) is 4.55. The van der Waals surface area contributed by atoms with E-state index in [0.717, 1.165) is 29.9 Å². The zero-order chi connectivity index (χ0) is 17.1. The van der Waals surface area contributed by atoms with E-state index in [1.54, 1.807) is 18.2 Å². The quantitative estimate of drug-likeness (QED) is 0.538. The van der Waals surface area contributed by atoms with E-state index < -0.39 is 11.8 Å². The van der Waals surface area contributed by atoms with Gasteiger partial charge in [-0.05, 0) is 61.4 Å². The van der Waals surface area contributed by atoms with Crippen LogP contribution in [0.15, 0.2) is 42.5 Å². The summed E-state index contributed by atoms with van der Waals surface area (Å²) in [5, 5.41) is 0. The maximum absolute atomic E-state index is 14.4. The van der Waals surface area contributed by atoms with Crippen molar-refractivity contribution in [1.29, 1.82) is 0 Å². The van der Waals surface area contributed by atoms with Crippen LogP contribution in [0.3, 0.4) is 0 Å². The molecule has 2 aromatic rings. The maximum Gasteiger partial charge on any atom is 0.346 e. The maximum atomic E-state index is 14.4. The second kappa shape index (κ2) is 7.16. The molecule has 0 bridgehead atoms. The van der Waals surface area contributed by atoms with Crippen molar-refractivity contribution >= 4 is 5.97 Å². The number of carbonyl (C=O) groups is 1. The van der Waals surface area contributed by atoms with Gasteiger partial charge in [-0.3, -0.25) is 0 Å². The Hall–Kier alpha value is -2.16. The minimum absolute atomic E-state index is 0.0106. The molecule has 0 atom stereocenters. The van der Waals surface area contributed by atoms with Gasteiger partial charge in [-0.2, -0.15) is 0 Å². The third kappa shape index (κ3) is 3.84. The molecular weight excluding hydrogens is 303 g/mol. The number of halogens is 1. The topological polar surface area (TPSA) is 26.3 Å². The van der Waals surface area contributed by atoms with Crippen LogP contribution in [0.1, 0.15) is 60.0 Å². The van der Waals surface area contributed by atoms with Crippen molar-refractivity contribution in [3.05, 3.63) is 65.0 Å². The van der Waals surface area contributed by atoms with Gasteiger partial charge in [-0.1, -0.05) is 43.5 Å². The van der Waals surface area contributed by atoms with Crippen molar-refractivity contribution in [1.82, 2.24) is 0 Å². The number of rotatable bonds is 3. The Balaban J connectivity index is 1.72. The van der Waals surface area contributed by atoms with Crippen molar-refractivity contribution < 1.29 is 13.9 Å². The van der Waals surface area contributed by atoms with Gasteiger partial charge in [0.1, 0.15) is 11.6 Å². The molecule has 0 N–H and O–H groups in total. The molecule has 1 aliphatic rings. The van der Waals surface area contributed by atoms with E-state index >= 15 is 0 Å². The smallest absolute Gasteiger partial charge is 0.346 e. The van der Waals surface area contributed by atoms with Crippen molar-refractivity contribution in [2.24, 2.45) is 5.92 Å². The molecule has 0 spiro atoms. The van der Waals surface area contributed by atoms with Crippen LogP contribution in [-0.4, -0.2) is 5.97 Å². The van der Waals surface area contributed by atoms with Crippen LogP contribution < -0.4 is 4.74 Å². The van der Waals surface area contributed by atoms with Crippen LogP contribution in [0.2, 0.25) is 0 Å². The average Bonchev–Trinajstić information content (AvgIpc) is 2.57. The molecular formula is C21H23FO2. The molecule has 1 saturated carbocycles. The third-order valence-corrected chi connectivity index (χ3v) is 4.93. The summed E-state index contributed by atoms with van der Waals surface area (Å²) in [7, 11) is 0. The zero-order valence-corrected chi connectivity index (χ0v) is 14.2. The highest BCUT2D eigenvalue weighted by Gasteiger charge is 2.22. The van der Waals surface area contributed by atoms with Crippen LogP contribution in [0, 0.1) is 18.7 Å². The molecule has 0 radical (unpaired) electrons. The predicted octanol–water partition coefficient (Wildman–Crippen LogP) is 5.65. The van der Waals surface area contributed by atoms with Crippen molar-refractivity contribution in [2.45, 2.75) is 45.4 Å². The lowest BCUT2D eigenvalue weighted by Crippen LogP contribution is -2.13. The molecule has 0 heterocycles. The highest BCUT2D eigenvalue weighted by Crippen LogP contribution is 2.36. The monoisotopic (exact) mass is 326 g/mol.